The van der Waals surface area contributed by atoms with Gasteiger partial charge in [-0.25, -0.2) is 0 Å². The van der Waals surface area contributed by atoms with E-state index in [0.717, 1.165) is 45.4 Å². The molecule has 2 fully saturated rings. The number of carbonyl (C=O) groups is 2. The minimum Gasteiger partial charge on any atom is -0.343 e. The van der Waals surface area contributed by atoms with Crippen LogP contribution in [0.25, 0.3) is 0 Å². The Hall–Kier alpha value is -1.10. The van der Waals surface area contributed by atoms with Crippen molar-refractivity contribution in [2.45, 2.75) is 70.9 Å². The zero-order valence-electron chi connectivity index (χ0n) is 14.1. The minimum atomic E-state index is 0.131. The quantitative estimate of drug-likeness (QED) is 0.780. The topological polar surface area (TPSA) is 52.7 Å². The van der Waals surface area contributed by atoms with Gasteiger partial charge in [-0.3, -0.25) is 9.59 Å². The molecule has 126 valence electrons. The molecule has 2 aliphatic heterocycles. The van der Waals surface area contributed by atoms with Crippen LogP contribution in [0.2, 0.25) is 0 Å². The standard InChI is InChI=1S/C17H31N3O2/c1-3-10-19(11-4-2)16(21)7-8-17(22)20-12-9-14-5-6-15(13-20)18-14/h14-15,18H,3-13H2,1-2H3. The molecule has 2 heterocycles. The van der Waals surface area contributed by atoms with Crippen molar-refractivity contribution in [3.05, 3.63) is 0 Å². The van der Waals surface area contributed by atoms with Crippen LogP contribution in [0.15, 0.2) is 0 Å². The molecule has 0 radical (unpaired) electrons. The molecule has 0 aromatic carbocycles. The molecule has 0 spiro atoms. The second-order valence-electron chi connectivity index (χ2n) is 6.65. The molecule has 5 heteroatoms. The van der Waals surface area contributed by atoms with E-state index in [9.17, 15) is 9.59 Å². The first-order chi connectivity index (χ1) is 10.6. The zero-order valence-corrected chi connectivity index (χ0v) is 14.1. The SMILES string of the molecule is CCCN(CCC)C(=O)CCC(=O)N1CCC2CCC(C1)N2. The van der Waals surface area contributed by atoms with Crippen LogP contribution in [-0.4, -0.2) is 59.9 Å². The molecule has 0 aliphatic carbocycles. The number of amides is 2. The highest BCUT2D eigenvalue weighted by molar-refractivity contribution is 5.83. The summed E-state index contributed by atoms with van der Waals surface area (Å²) in [6.07, 6.45) is 6.13. The van der Waals surface area contributed by atoms with Gasteiger partial charge in [0.2, 0.25) is 11.8 Å². The Bertz CT molecular complexity index is 380. The third-order valence-corrected chi connectivity index (χ3v) is 4.77. The smallest absolute Gasteiger partial charge is 0.223 e. The Morgan fingerprint density at radius 3 is 2.41 bits per heavy atom. The van der Waals surface area contributed by atoms with Gasteiger partial charge in [-0.2, -0.15) is 0 Å². The summed E-state index contributed by atoms with van der Waals surface area (Å²) in [5, 5.41) is 3.59. The number of nitrogens with one attached hydrogen (secondary N) is 1. The number of likely N-dealkylation sites (tertiary alicyclic amines) is 1. The normalized spacial score (nSPS) is 24.2. The Labute approximate surface area is 134 Å². The van der Waals surface area contributed by atoms with E-state index in [0.29, 0.717) is 24.9 Å². The van der Waals surface area contributed by atoms with E-state index in [1.54, 1.807) is 0 Å². The molecule has 2 bridgehead atoms. The summed E-state index contributed by atoms with van der Waals surface area (Å²) in [6.45, 7) is 7.43. The van der Waals surface area contributed by atoms with Gasteiger partial charge in [0.1, 0.15) is 0 Å². The van der Waals surface area contributed by atoms with Crippen molar-refractivity contribution in [1.82, 2.24) is 15.1 Å². The van der Waals surface area contributed by atoms with Gasteiger partial charge < -0.3 is 15.1 Å². The van der Waals surface area contributed by atoms with Crippen molar-refractivity contribution in [3.8, 4) is 0 Å². The second kappa shape index (κ2) is 8.51. The predicted molar refractivity (Wildman–Crippen MR) is 87.5 cm³/mol. The van der Waals surface area contributed by atoms with Crippen molar-refractivity contribution < 1.29 is 9.59 Å². The second-order valence-corrected chi connectivity index (χ2v) is 6.65. The molecule has 2 amide bonds. The minimum absolute atomic E-state index is 0.131. The van der Waals surface area contributed by atoms with Crippen LogP contribution in [0.4, 0.5) is 0 Å². The fourth-order valence-corrected chi connectivity index (χ4v) is 3.60. The summed E-state index contributed by atoms with van der Waals surface area (Å²) in [5.74, 6) is 0.280. The van der Waals surface area contributed by atoms with Crippen molar-refractivity contribution >= 4 is 11.8 Å². The van der Waals surface area contributed by atoms with Crippen LogP contribution in [0, 0.1) is 0 Å². The number of hydrogen-bond donors (Lipinski definition) is 1. The molecule has 0 saturated carbocycles. The highest BCUT2D eigenvalue weighted by Gasteiger charge is 2.31. The first-order valence-corrected chi connectivity index (χ1v) is 8.95. The Kier molecular flexibility index (Phi) is 6.68. The van der Waals surface area contributed by atoms with Crippen LogP contribution >= 0.6 is 0 Å². The van der Waals surface area contributed by atoms with Crippen molar-refractivity contribution in [3.63, 3.8) is 0 Å². The number of rotatable bonds is 7. The lowest BCUT2D eigenvalue weighted by molar-refractivity contribution is -0.137. The Morgan fingerprint density at radius 2 is 1.73 bits per heavy atom. The molecule has 2 unspecified atom stereocenters. The van der Waals surface area contributed by atoms with Gasteiger partial charge >= 0.3 is 0 Å². The van der Waals surface area contributed by atoms with Crippen LogP contribution in [0.5, 0.6) is 0 Å². The summed E-state index contributed by atoms with van der Waals surface area (Å²) in [4.78, 5) is 28.5. The van der Waals surface area contributed by atoms with Gasteiger partial charge in [-0.05, 0) is 32.1 Å². The summed E-state index contributed by atoms with van der Waals surface area (Å²) < 4.78 is 0. The van der Waals surface area contributed by atoms with E-state index in [4.69, 9.17) is 0 Å². The molecular weight excluding hydrogens is 278 g/mol. The molecule has 2 rings (SSSR count). The van der Waals surface area contributed by atoms with Gasteiger partial charge in [-0.15, -0.1) is 0 Å². The number of nitrogens with zero attached hydrogens (tertiary/aromatic N) is 2. The third-order valence-electron chi connectivity index (χ3n) is 4.77. The van der Waals surface area contributed by atoms with Gasteiger partial charge in [0.25, 0.3) is 0 Å². The lowest BCUT2D eigenvalue weighted by Crippen LogP contribution is -2.40. The average Bonchev–Trinajstić information content (AvgIpc) is 2.83. The molecule has 0 aromatic heterocycles. The fourth-order valence-electron chi connectivity index (χ4n) is 3.60. The summed E-state index contributed by atoms with van der Waals surface area (Å²) >= 11 is 0. The van der Waals surface area contributed by atoms with Gasteiger partial charge in [0, 0.05) is 51.1 Å². The average molecular weight is 309 g/mol. The zero-order chi connectivity index (χ0) is 15.9. The number of carbonyl (C=O) groups excluding carboxylic acids is 2. The third kappa shape index (κ3) is 4.70. The molecule has 5 nitrogen and oxygen atoms in total. The number of hydrogen-bond acceptors (Lipinski definition) is 3. The molecule has 2 saturated heterocycles. The fraction of sp³-hybridized carbons (Fsp3) is 0.882. The number of fused-ring (bicyclic) bond motifs is 2. The van der Waals surface area contributed by atoms with E-state index in [1.165, 1.54) is 12.8 Å². The lowest BCUT2D eigenvalue weighted by atomic mass is 10.1. The Balaban J connectivity index is 1.77. The van der Waals surface area contributed by atoms with E-state index in [-0.39, 0.29) is 11.8 Å². The van der Waals surface area contributed by atoms with Gasteiger partial charge in [-0.1, -0.05) is 13.8 Å². The lowest BCUT2D eigenvalue weighted by Gasteiger charge is -2.25. The summed E-state index contributed by atoms with van der Waals surface area (Å²) in [7, 11) is 0. The first-order valence-electron chi connectivity index (χ1n) is 8.95. The largest absolute Gasteiger partial charge is 0.343 e. The van der Waals surface area contributed by atoms with Crippen molar-refractivity contribution in [2.24, 2.45) is 0 Å². The van der Waals surface area contributed by atoms with Gasteiger partial charge in [0.15, 0.2) is 0 Å². The van der Waals surface area contributed by atoms with Gasteiger partial charge in [0.05, 0.1) is 0 Å². The predicted octanol–water partition coefficient (Wildman–Crippen LogP) is 1.77. The van der Waals surface area contributed by atoms with E-state index < -0.39 is 0 Å². The maximum absolute atomic E-state index is 12.4. The molecule has 22 heavy (non-hydrogen) atoms. The maximum atomic E-state index is 12.4. The molecule has 2 atom stereocenters. The van der Waals surface area contributed by atoms with Crippen LogP contribution in [0.1, 0.15) is 58.8 Å². The van der Waals surface area contributed by atoms with Crippen LogP contribution in [-0.2, 0) is 9.59 Å². The van der Waals surface area contributed by atoms with E-state index in [1.807, 2.05) is 9.80 Å². The van der Waals surface area contributed by atoms with Crippen LogP contribution < -0.4 is 5.32 Å². The first kappa shape index (κ1) is 17.3. The van der Waals surface area contributed by atoms with Crippen molar-refractivity contribution in [1.29, 1.82) is 0 Å². The molecule has 2 aliphatic rings. The summed E-state index contributed by atoms with van der Waals surface area (Å²) in [6, 6.07) is 1.05. The molecule has 1 N–H and O–H groups in total. The molecule has 0 aromatic rings. The van der Waals surface area contributed by atoms with E-state index >= 15 is 0 Å². The van der Waals surface area contributed by atoms with Crippen molar-refractivity contribution in [2.75, 3.05) is 26.2 Å². The monoisotopic (exact) mass is 309 g/mol. The Morgan fingerprint density at radius 1 is 1.05 bits per heavy atom. The highest BCUT2D eigenvalue weighted by Crippen LogP contribution is 2.21. The molecular formula is C17H31N3O2. The maximum Gasteiger partial charge on any atom is 0.223 e. The summed E-state index contributed by atoms with van der Waals surface area (Å²) in [5.41, 5.74) is 0. The highest BCUT2D eigenvalue weighted by atomic mass is 16.2. The van der Waals surface area contributed by atoms with Crippen LogP contribution in [0.3, 0.4) is 0 Å². The van der Waals surface area contributed by atoms with E-state index in [2.05, 4.69) is 19.2 Å².